The number of halogens is 1. The number of allylic oxidation sites excluding steroid dienone is 1. The van der Waals surface area contributed by atoms with Crippen LogP contribution in [0.2, 0.25) is 0 Å². The van der Waals surface area contributed by atoms with E-state index in [-0.39, 0.29) is 11.7 Å². The molecule has 2 aliphatic heterocycles. The molecule has 0 aliphatic carbocycles. The average Bonchev–Trinajstić information content (AvgIpc) is 3.17. The Morgan fingerprint density at radius 2 is 1.96 bits per heavy atom. The first-order valence-electron chi connectivity index (χ1n) is 9.64. The number of benzene rings is 2. The number of hydrogen-bond acceptors (Lipinski definition) is 3. The Morgan fingerprint density at radius 1 is 1.11 bits per heavy atom. The molecular weight excluding hydrogens is 355 g/mol. The zero-order chi connectivity index (χ0) is 19.4. The van der Waals surface area contributed by atoms with E-state index < -0.39 is 5.66 Å². The number of aliphatic imine (C=N–C) groups is 1. The lowest BCUT2D eigenvalue weighted by Crippen LogP contribution is -2.52. The number of rotatable bonds is 6. The summed E-state index contributed by atoms with van der Waals surface area (Å²) in [7, 11) is 0. The number of likely N-dealkylation sites (tertiary alicyclic amines) is 1. The SMILES string of the molecule is O=C1CCCCN1C1(Cc2ccc(OCc3cccc(F)c3)cc2)C=CC=N1. The van der Waals surface area contributed by atoms with Crippen molar-refractivity contribution in [3.05, 3.63) is 77.6 Å². The van der Waals surface area contributed by atoms with Gasteiger partial charge in [-0.15, -0.1) is 0 Å². The van der Waals surface area contributed by atoms with Gasteiger partial charge in [0, 0.05) is 25.6 Å². The van der Waals surface area contributed by atoms with Crippen LogP contribution in [0.5, 0.6) is 5.75 Å². The van der Waals surface area contributed by atoms with E-state index in [1.165, 1.54) is 12.1 Å². The Balaban J connectivity index is 1.43. The van der Waals surface area contributed by atoms with Crippen molar-refractivity contribution in [3.8, 4) is 5.75 Å². The molecule has 0 spiro atoms. The summed E-state index contributed by atoms with van der Waals surface area (Å²) in [5.41, 5.74) is 1.26. The molecule has 0 radical (unpaired) electrons. The quantitative estimate of drug-likeness (QED) is 0.752. The molecule has 0 aromatic heterocycles. The number of ether oxygens (including phenoxy) is 1. The summed E-state index contributed by atoms with van der Waals surface area (Å²) < 4.78 is 19.0. The van der Waals surface area contributed by atoms with Gasteiger partial charge in [-0.2, -0.15) is 0 Å². The van der Waals surface area contributed by atoms with Gasteiger partial charge in [0.05, 0.1) is 0 Å². The van der Waals surface area contributed by atoms with Crippen LogP contribution >= 0.6 is 0 Å². The van der Waals surface area contributed by atoms with Crippen LogP contribution in [0.3, 0.4) is 0 Å². The summed E-state index contributed by atoms with van der Waals surface area (Å²) in [6.07, 6.45) is 8.91. The molecule has 2 aromatic rings. The van der Waals surface area contributed by atoms with Crippen LogP contribution in [0.25, 0.3) is 0 Å². The molecule has 1 fully saturated rings. The van der Waals surface area contributed by atoms with Crippen LogP contribution in [-0.2, 0) is 17.8 Å². The van der Waals surface area contributed by atoms with Crippen LogP contribution in [0, 0.1) is 5.82 Å². The highest BCUT2D eigenvalue weighted by molar-refractivity contribution is 5.81. The Bertz CT molecular complexity index is 893. The molecule has 144 valence electrons. The molecule has 0 N–H and O–H groups in total. The number of amides is 1. The van der Waals surface area contributed by atoms with Crippen LogP contribution < -0.4 is 4.74 Å². The predicted molar refractivity (Wildman–Crippen MR) is 107 cm³/mol. The number of nitrogens with zero attached hydrogens (tertiary/aromatic N) is 2. The standard InChI is InChI=1S/C23H23FN2O2/c24-20-6-3-5-19(15-20)17-28-21-10-8-18(9-11-21)16-23(12-4-13-25-23)26-14-2-1-7-22(26)27/h3-6,8-13,15H,1-2,7,14,16-17H2. The molecule has 2 heterocycles. The zero-order valence-corrected chi connectivity index (χ0v) is 15.7. The second kappa shape index (κ2) is 7.97. The number of piperidine rings is 1. The van der Waals surface area contributed by atoms with Gasteiger partial charge in [-0.25, -0.2) is 4.39 Å². The lowest BCUT2D eigenvalue weighted by Gasteiger charge is -2.40. The van der Waals surface area contributed by atoms with Gasteiger partial charge in [0.1, 0.15) is 18.2 Å². The Morgan fingerprint density at radius 3 is 2.68 bits per heavy atom. The molecule has 28 heavy (non-hydrogen) atoms. The molecule has 2 aliphatic rings. The maximum Gasteiger partial charge on any atom is 0.224 e. The van der Waals surface area contributed by atoms with Crippen molar-refractivity contribution >= 4 is 12.1 Å². The van der Waals surface area contributed by atoms with Gasteiger partial charge < -0.3 is 9.64 Å². The van der Waals surface area contributed by atoms with Crippen LogP contribution in [0.15, 0.2) is 65.7 Å². The maximum atomic E-state index is 13.3. The molecule has 4 rings (SSSR count). The van der Waals surface area contributed by atoms with E-state index in [0.717, 1.165) is 36.3 Å². The number of carbonyl (C=O) groups is 1. The van der Waals surface area contributed by atoms with Crippen LogP contribution in [0.1, 0.15) is 30.4 Å². The molecule has 1 atom stereocenters. The maximum absolute atomic E-state index is 13.3. The molecule has 1 saturated heterocycles. The van der Waals surface area contributed by atoms with Crippen molar-refractivity contribution in [1.29, 1.82) is 0 Å². The van der Waals surface area contributed by atoms with Crippen molar-refractivity contribution in [3.63, 3.8) is 0 Å². The monoisotopic (exact) mass is 378 g/mol. The molecule has 0 bridgehead atoms. The fraction of sp³-hybridized carbons (Fsp3) is 0.304. The van der Waals surface area contributed by atoms with E-state index in [0.29, 0.717) is 19.4 Å². The zero-order valence-electron chi connectivity index (χ0n) is 15.7. The summed E-state index contributed by atoms with van der Waals surface area (Å²) in [5.74, 6) is 0.630. The third-order valence-corrected chi connectivity index (χ3v) is 5.22. The fourth-order valence-electron chi connectivity index (χ4n) is 3.78. The first kappa shape index (κ1) is 18.4. The smallest absolute Gasteiger partial charge is 0.224 e. The molecule has 1 amide bonds. The van der Waals surface area contributed by atoms with Gasteiger partial charge in [0.2, 0.25) is 5.91 Å². The molecule has 0 saturated carbocycles. The second-order valence-electron chi connectivity index (χ2n) is 7.26. The molecular formula is C23H23FN2O2. The van der Waals surface area contributed by atoms with Crippen LogP contribution in [0.4, 0.5) is 4.39 Å². The summed E-state index contributed by atoms with van der Waals surface area (Å²) in [4.78, 5) is 19.0. The van der Waals surface area contributed by atoms with Crippen molar-refractivity contribution in [2.24, 2.45) is 4.99 Å². The minimum atomic E-state index is -0.610. The third kappa shape index (κ3) is 3.98. The van der Waals surface area contributed by atoms with Crippen LogP contribution in [-0.4, -0.2) is 29.2 Å². The lowest BCUT2D eigenvalue weighted by molar-refractivity contribution is -0.138. The van der Waals surface area contributed by atoms with Crippen molar-refractivity contribution in [2.75, 3.05) is 6.54 Å². The highest BCUT2D eigenvalue weighted by Gasteiger charge is 2.39. The molecule has 5 heteroatoms. The van der Waals surface area contributed by atoms with Gasteiger partial charge >= 0.3 is 0 Å². The molecule has 4 nitrogen and oxygen atoms in total. The van der Waals surface area contributed by atoms with Crippen molar-refractivity contribution in [1.82, 2.24) is 4.90 Å². The second-order valence-corrected chi connectivity index (χ2v) is 7.26. The van der Waals surface area contributed by atoms with E-state index in [9.17, 15) is 9.18 Å². The predicted octanol–water partition coefficient (Wildman–Crippen LogP) is 4.30. The Hall–Kier alpha value is -2.95. The van der Waals surface area contributed by atoms with E-state index in [1.54, 1.807) is 12.3 Å². The third-order valence-electron chi connectivity index (χ3n) is 5.22. The molecule has 2 aromatic carbocycles. The summed E-state index contributed by atoms with van der Waals surface area (Å²) in [5, 5.41) is 0. The van der Waals surface area contributed by atoms with Crippen molar-refractivity contribution in [2.45, 2.75) is 38.0 Å². The minimum absolute atomic E-state index is 0.171. The summed E-state index contributed by atoms with van der Waals surface area (Å²) in [6, 6.07) is 14.2. The fourth-order valence-corrected chi connectivity index (χ4v) is 3.78. The molecule has 1 unspecified atom stereocenters. The highest BCUT2D eigenvalue weighted by atomic mass is 19.1. The average molecular weight is 378 g/mol. The van der Waals surface area contributed by atoms with Gasteiger partial charge in [-0.3, -0.25) is 9.79 Å². The van der Waals surface area contributed by atoms with E-state index in [1.807, 2.05) is 47.4 Å². The minimum Gasteiger partial charge on any atom is -0.489 e. The van der Waals surface area contributed by atoms with E-state index in [4.69, 9.17) is 4.74 Å². The lowest BCUT2D eigenvalue weighted by atomic mass is 9.95. The number of carbonyl (C=O) groups excluding carboxylic acids is 1. The first-order valence-corrected chi connectivity index (χ1v) is 9.64. The van der Waals surface area contributed by atoms with Gasteiger partial charge in [0.15, 0.2) is 5.66 Å². The van der Waals surface area contributed by atoms with E-state index >= 15 is 0 Å². The largest absolute Gasteiger partial charge is 0.489 e. The van der Waals surface area contributed by atoms with Gasteiger partial charge in [-0.05, 0) is 60.4 Å². The van der Waals surface area contributed by atoms with Gasteiger partial charge in [0.25, 0.3) is 0 Å². The summed E-state index contributed by atoms with van der Waals surface area (Å²) in [6.45, 7) is 1.06. The Labute approximate surface area is 164 Å². The first-order chi connectivity index (χ1) is 13.6. The van der Waals surface area contributed by atoms with Crippen molar-refractivity contribution < 1.29 is 13.9 Å². The Kier molecular flexibility index (Phi) is 5.24. The normalized spacial score (nSPS) is 21.3. The van der Waals surface area contributed by atoms with E-state index in [2.05, 4.69) is 4.99 Å². The summed E-state index contributed by atoms with van der Waals surface area (Å²) >= 11 is 0. The highest BCUT2D eigenvalue weighted by Crippen LogP contribution is 2.31. The van der Waals surface area contributed by atoms with Gasteiger partial charge in [-0.1, -0.05) is 24.3 Å². The topological polar surface area (TPSA) is 41.9 Å². The number of hydrogen-bond donors (Lipinski definition) is 0.